The molecule has 0 aliphatic heterocycles. The first-order valence-electron chi connectivity index (χ1n) is 13.5. The van der Waals surface area contributed by atoms with Gasteiger partial charge in [0, 0.05) is 22.7 Å². The van der Waals surface area contributed by atoms with Gasteiger partial charge in [-0.25, -0.2) is 0 Å². The van der Waals surface area contributed by atoms with Crippen molar-refractivity contribution in [1.82, 2.24) is 0 Å². The first-order chi connectivity index (χ1) is 16.5. The average Bonchev–Trinajstić information content (AvgIpc) is 2.78. The monoisotopic (exact) mass is 492 g/mol. The molecule has 1 amide bonds. The van der Waals surface area contributed by atoms with Gasteiger partial charge in [0.15, 0.2) is 11.6 Å². The fourth-order valence-electron chi connectivity index (χ4n) is 9.75. The summed E-state index contributed by atoms with van der Waals surface area (Å²) < 4.78 is 0. The molecular formula is C30H40N2O4. The molecule has 5 rings (SSSR count). The number of Topliss-reactive ketones (excluding diaryl/α,β-unsaturated/α-hetero) is 1. The van der Waals surface area contributed by atoms with Gasteiger partial charge in [-0.05, 0) is 67.8 Å². The number of carbonyl (C=O) groups is 3. The van der Waals surface area contributed by atoms with E-state index < -0.39 is 39.1 Å². The van der Waals surface area contributed by atoms with E-state index in [0.29, 0.717) is 25.7 Å². The van der Waals surface area contributed by atoms with E-state index in [1.165, 1.54) is 0 Å². The minimum Gasteiger partial charge on any atom is -0.381 e. The predicted octanol–water partition coefficient (Wildman–Crippen LogP) is 4.42. The van der Waals surface area contributed by atoms with Crippen LogP contribution >= 0.6 is 0 Å². The van der Waals surface area contributed by atoms with Crippen LogP contribution in [-0.2, 0) is 14.4 Å². The van der Waals surface area contributed by atoms with Gasteiger partial charge in [-0.2, -0.15) is 5.26 Å². The lowest BCUT2D eigenvalue weighted by Crippen LogP contribution is -2.71. The van der Waals surface area contributed by atoms with Crippen molar-refractivity contribution >= 4 is 17.5 Å². The van der Waals surface area contributed by atoms with Crippen LogP contribution in [-0.4, -0.2) is 28.2 Å². The van der Waals surface area contributed by atoms with Crippen LogP contribution in [0.2, 0.25) is 0 Å². The average molecular weight is 493 g/mol. The molecule has 0 saturated heterocycles. The summed E-state index contributed by atoms with van der Waals surface area (Å²) in [5, 5.41) is 22.3. The summed E-state index contributed by atoms with van der Waals surface area (Å²) >= 11 is 0. The molecule has 6 heteroatoms. The van der Waals surface area contributed by atoms with Crippen molar-refractivity contribution in [2.45, 2.75) is 92.1 Å². The van der Waals surface area contributed by atoms with E-state index in [1.54, 1.807) is 12.2 Å². The maximum Gasteiger partial charge on any atom is 0.224 e. The summed E-state index contributed by atoms with van der Waals surface area (Å²) in [6.07, 6.45) is 8.08. The largest absolute Gasteiger partial charge is 0.381 e. The molecule has 0 aromatic rings. The number of hydrogen-bond acceptors (Lipinski definition) is 5. The second kappa shape index (κ2) is 7.19. The van der Waals surface area contributed by atoms with Crippen LogP contribution in [0.5, 0.6) is 0 Å². The smallest absolute Gasteiger partial charge is 0.224 e. The van der Waals surface area contributed by atoms with Crippen molar-refractivity contribution in [3.05, 3.63) is 23.3 Å². The Bertz CT molecular complexity index is 1190. The van der Waals surface area contributed by atoms with Crippen LogP contribution in [0, 0.1) is 56.2 Å². The zero-order valence-corrected chi connectivity index (χ0v) is 22.5. The summed E-state index contributed by atoms with van der Waals surface area (Å²) in [7, 11) is 0. The van der Waals surface area contributed by atoms with E-state index >= 15 is 0 Å². The molecule has 36 heavy (non-hydrogen) atoms. The van der Waals surface area contributed by atoms with Crippen LogP contribution in [0.4, 0.5) is 0 Å². The van der Waals surface area contributed by atoms with Crippen molar-refractivity contribution < 1.29 is 19.5 Å². The van der Waals surface area contributed by atoms with E-state index in [2.05, 4.69) is 33.8 Å². The molecule has 5 aliphatic rings. The van der Waals surface area contributed by atoms with E-state index in [1.807, 2.05) is 13.8 Å². The lowest BCUT2D eigenvalue weighted by molar-refractivity contribution is -0.209. The molecule has 3 N–H and O–H groups in total. The second-order valence-electron chi connectivity index (χ2n) is 14.3. The topological polar surface area (TPSA) is 121 Å². The van der Waals surface area contributed by atoms with Crippen LogP contribution in [0.15, 0.2) is 23.3 Å². The fourth-order valence-corrected chi connectivity index (χ4v) is 9.75. The summed E-state index contributed by atoms with van der Waals surface area (Å²) in [5.41, 5.74) is 2.62. The number of amides is 1. The number of nitriles is 1. The van der Waals surface area contributed by atoms with E-state index in [9.17, 15) is 24.8 Å². The molecular weight excluding hydrogens is 452 g/mol. The summed E-state index contributed by atoms with van der Waals surface area (Å²) in [6.45, 7) is 12.3. The first kappa shape index (κ1) is 25.4. The number of ketones is 2. The Morgan fingerprint density at radius 2 is 1.64 bits per heavy atom. The van der Waals surface area contributed by atoms with Crippen LogP contribution in [0.25, 0.3) is 0 Å². The highest BCUT2D eigenvalue weighted by Gasteiger charge is 2.72. The third-order valence-corrected chi connectivity index (χ3v) is 11.7. The molecule has 7 unspecified atom stereocenters. The highest BCUT2D eigenvalue weighted by atomic mass is 16.3. The van der Waals surface area contributed by atoms with Gasteiger partial charge in [0.2, 0.25) is 5.91 Å². The van der Waals surface area contributed by atoms with Crippen molar-refractivity contribution in [3.63, 3.8) is 0 Å². The van der Waals surface area contributed by atoms with Gasteiger partial charge in [-0.1, -0.05) is 53.2 Å². The van der Waals surface area contributed by atoms with Crippen molar-refractivity contribution in [2.75, 3.05) is 0 Å². The zero-order valence-electron chi connectivity index (χ0n) is 22.5. The van der Waals surface area contributed by atoms with Gasteiger partial charge in [-0.15, -0.1) is 0 Å². The summed E-state index contributed by atoms with van der Waals surface area (Å²) in [4.78, 5) is 40.2. The minimum absolute atomic E-state index is 0.0465. The fraction of sp³-hybridized carbons (Fsp3) is 0.733. The molecule has 3 saturated carbocycles. The normalized spacial score (nSPS) is 46.7. The minimum atomic E-state index is -1.66. The van der Waals surface area contributed by atoms with Crippen LogP contribution in [0.1, 0.15) is 86.5 Å². The molecule has 5 aliphatic carbocycles. The van der Waals surface area contributed by atoms with E-state index in [4.69, 9.17) is 5.73 Å². The number of hydrogen-bond donors (Lipinski definition) is 2. The third-order valence-electron chi connectivity index (χ3n) is 11.7. The Balaban J connectivity index is 1.71. The molecule has 3 fully saturated rings. The Morgan fingerprint density at radius 3 is 2.25 bits per heavy atom. The van der Waals surface area contributed by atoms with Crippen molar-refractivity contribution in [1.29, 1.82) is 5.26 Å². The second-order valence-corrected chi connectivity index (χ2v) is 14.3. The summed E-state index contributed by atoms with van der Waals surface area (Å²) in [6, 6.07) is 2.11. The maximum absolute atomic E-state index is 14.1. The molecule has 0 radical (unpaired) electrons. The molecule has 0 aromatic carbocycles. The highest BCUT2D eigenvalue weighted by molar-refractivity contribution is 6.05. The predicted molar refractivity (Wildman–Crippen MR) is 135 cm³/mol. The summed E-state index contributed by atoms with van der Waals surface area (Å²) in [5.74, 6) is -1.78. The Hall–Kier alpha value is -2.26. The number of primary amides is 1. The Morgan fingerprint density at radius 1 is 1.00 bits per heavy atom. The SMILES string of the molecule is CC1(C)CCC2(C(N)=O)CCC3C4(C)CCC5C(C)(C)C(=O)C(C#N)=CC5(C)C4=CC(=O)C3(O)C2C1. The lowest BCUT2D eigenvalue weighted by atomic mass is 9.37. The number of carbonyl (C=O) groups excluding carboxylic acids is 3. The van der Waals surface area contributed by atoms with Gasteiger partial charge in [0.25, 0.3) is 0 Å². The van der Waals surface area contributed by atoms with Gasteiger partial charge in [0.05, 0.1) is 11.0 Å². The number of allylic oxidation sites excluding steroid dienone is 3. The first-order valence-corrected chi connectivity index (χ1v) is 13.5. The van der Waals surface area contributed by atoms with Gasteiger partial charge < -0.3 is 10.8 Å². The quantitative estimate of drug-likeness (QED) is 0.561. The molecule has 6 nitrogen and oxygen atoms in total. The number of nitrogens with two attached hydrogens (primary N) is 1. The third kappa shape index (κ3) is 2.84. The number of aliphatic hydroxyl groups is 1. The van der Waals surface area contributed by atoms with E-state index in [-0.39, 0.29) is 34.4 Å². The Labute approximate surface area is 214 Å². The Kier molecular flexibility index (Phi) is 5.07. The number of fused-ring (bicyclic) bond motifs is 7. The van der Waals surface area contributed by atoms with E-state index in [0.717, 1.165) is 24.8 Å². The van der Waals surface area contributed by atoms with Gasteiger partial charge >= 0.3 is 0 Å². The highest BCUT2D eigenvalue weighted by Crippen LogP contribution is 2.71. The van der Waals surface area contributed by atoms with Crippen molar-refractivity contribution in [2.24, 2.45) is 50.6 Å². The molecule has 0 aromatic heterocycles. The molecule has 0 bridgehead atoms. The van der Waals surface area contributed by atoms with Crippen molar-refractivity contribution in [3.8, 4) is 6.07 Å². The maximum atomic E-state index is 14.1. The number of nitrogens with zero attached hydrogens (tertiary/aromatic N) is 1. The molecule has 194 valence electrons. The molecule has 7 atom stereocenters. The van der Waals surface area contributed by atoms with Gasteiger partial charge in [0.1, 0.15) is 11.7 Å². The molecule has 0 spiro atoms. The zero-order chi connectivity index (χ0) is 26.7. The standard InChI is InChI=1S/C30H40N2O4/c1-25(2)11-12-29(24(32)35)10-8-19-27(5)9-7-18-26(3,4)23(34)17(16-31)14-28(18,6)20(27)13-22(33)30(19,36)21(29)15-25/h13-14,18-19,21,36H,7-12,15H2,1-6H3,(H2,32,35). The van der Waals surface area contributed by atoms with Crippen LogP contribution in [0.3, 0.4) is 0 Å². The lowest BCUT2D eigenvalue weighted by Gasteiger charge is -2.67. The number of rotatable bonds is 1. The van der Waals surface area contributed by atoms with Gasteiger partial charge in [-0.3, -0.25) is 14.4 Å². The molecule has 0 heterocycles. The van der Waals surface area contributed by atoms with Crippen LogP contribution < -0.4 is 5.73 Å².